The highest BCUT2D eigenvalue weighted by Crippen LogP contribution is 2.48. The van der Waals surface area contributed by atoms with Crippen LogP contribution in [0.15, 0.2) is 0 Å². The quantitative estimate of drug-likeness (QED) is 0.749. The predicted octanol–water partition coefficient (Wildman–Crippen LogP) is 0.916. The molecule has 1 amide bonds. The molecule has 1 saturated carbocycles. The first-order valence-electron chi connectivity index (χ1n) is 4.95. The van der Waals surface area contributed by atoms with Crippen LogP contribution in [0.3, 0.4) is 0 Å². The van der Waals surface area contributed by atoms with E-state index in [1.165, 1.54) is 0 Å². The van der Waals surface area contributed by atoms with Gasteiger partial charge in [-0.1, -0.05) is 0 Å². The molecular weight excluding hydrogens is 224 g/mol. The second-order valence-electron chi connectivity index (χ2n) is 3.68. The maximum Gasteiger partial charge on any atom is 0.252 e. The van der Waals surface area contributed by atoms with Crippen LogP contribution in [0.1, 0.15) is 19.8 Å². The van der Waals surface area contributed by atoms with E-state index in [1.807, 2.05) is 0 Å². The van der Waals surface area contributed by atoms with Gasteiger partial charge in [0.05, 0.1) is 0 Å². The Morgan fingerprint density at radius 3 is 2.67 bits per heavy atom. The van der Waals surface area contributed by atoms with Gasteiger partial charge in [0.1, 0.15) is 0 Å². The van der Waals surface area contributed by atoms with Crippen molar-refractivity contribution in [2.24, 2.45) is 5.92 Å². The van der Waals surface area contributed by atoms with E-state index in [4.69, 9.17) is 0 Å². The molecule has 0 bridgehead atoms. The Balaban J connectivity index is 2.12. The fourth-order valence-electron chi connectivity index (χ4n) is 1.25. The van der Waals surface area contributed by atoms with Crippen LogP contribution in [0.4, 0.5) is 8.78 Å². The minimum Gasteiger partial charge on any atom is -0.356 e. The van der Waals surface area contributed by atoms with Crippen LogP contribution < -0.4 is 5.32 Å². The molecule has 0 aliphatic heterocycles. The predicted molar refractivity (Wildman–Crippen MR) is 54.2 cm³/mol. The van der Waals surface area contributed by atoms with Gasteiger partial charge in [0.25, 0.3) is 5.92 Å². The number of amides is 1. The zero-order valence-electron chi connectivity index (χ0n) is 8.59. The average Bonchev–Trinajstić information content (AvgIpc) is 2.71. The Hall–Kier alpha value is -0.520. The maximum absolute atomic E-state index is 12.5. The molecule has 1 fully saturated rings. The molecule has 3 nitrogen and oxygen atoms in total. The lowest BCUT2D eigenvalue weighted by molar-refractivity contribution is -0.120. The van der Waals surface area contributed by atoms with Crippen molar-refractivity contribution in [1.82, 2.24) is 5.32 Å². The molecule has 1 aliphatic rings. The van der Waals surface area contributed by atoms with Crippen molar-refractivity contribution in [2.45, 2.75) is 25.7 Å². The Bertz CT molecular complexity index is 271. The number of halogens is 2. The molecule has 2 unspecified atom stereocenters. The van der Waals surface area contributed by atoms with Gasteiger partial charge in [-0.15, -0.1) is 0 Å². The van der Waals surface area contributed by atoms with Gasteiger partial charge in [-0.2, -0.15) is 0 Å². The summed E-state index contributed by atoms with van der Waals surface area (Å²) >= 11 is 0. The number of nitrogens with one attached hydrogen (secondary N) is 1. The lowest BCUT2D eigenvalue weighted by Crippen LogP contribution is -2.24. The Kier molecular flexibility index (Phi) is 4.19. The molecule has 0 spiro atoms. The lowest BCUT2D eigenvalue weighted by atomic mass is 10.4. The minimum absolute atomic E-state index is 0.0202. The van der Waals surface area contributed by atoms with Crippen LogP contribution in [-0.2, 0) is 15.6 Å². The maximum atomic E-state index is 12.5. The highest BCUT2D eigenvalue weighted by Gasteiger charge is 2.56. The first-order chi connectivity index (χ1) is 6.95. The average molecular weight is 239 g/mol. The van der Waals surface area contributed by atoms with Crippen LogP contribution in [-0.4, -0.2) is 34.1 Å². The molecule has 6 heteroatoms. The summed E-state index contributed by atoms with van der Waals surface area (Å²) in [6.07, 6.45) is -0.00135. The van der Waals surface area contributed by atoms with Crippen molar-refractivity contribution in [1.29, 1.82) is 0 Å². The van der Waals surface area contributed by atoms with Crippen LogP contribution in [0.2, 0.25) is 0 Å². The van der Waals surface area contributed by atoms with Crippen molar-refractivity contribution >= 4 is 16.7 Å². The summed E-state index contributed by atoms with van der Waals surface area (Å²) in [5.41, 5.74) is 0. The van der Waals surface area contributed by atoms with E-state index in [1.54, 1.807) is 6.92 Å². The molecule has 0 radical (unpaired) electrons. The van der Waals surface area contributed by atoms with Gasteiger partial charge in [0.15, 0.2) is 0 Å². The summed E-state index contributed by atoms with van der Waals surface area (Å²) < 4.78 is 36.2. The molecule has 0 heterocycles. The van der Waals surface area contributed by atoms with Gasteiger partial charge in [-0.05, 0) is 6.92 Å². The Morgan fingerprint density at radius 1 is 1.60 bits per heavy atom. The van der Waals surface area contributed by atoms with Crippen molar-refractivity contribution < 1.29 is 17.8 Å². The third kappa shape index (κ3) is 4.24. The van der Waals surface area contributed by atoms with Gasteiger partial charge in [-0.25, -0.2) is 8.78 Å². The second-order valence-corrected chi connectivity index (χ2v) is 5.30. The molecule has 0 aromatic heterocycles. The van der Waals surface area contributed by atoms with Crippen LogP contribution in [0, 0.1) is 5.92 Å². The van der Waals surface area contributed by atoms with E-state index in [0.717, 1.165) is 0 Å². The zero-order valence-corrected chi connectivity index (χ0v) is 9.41. The molecule has 0 aromatic carbocycles. The third-order valence-electron chi connectivity index (χ3n) is 2.27. The third-order valence-corrected chi connectivity index (χ3v) is 3.71. The fraction of sp³-hybridized carbons (Fsp3) is 0.889. The van der Waals surface area contributed by atoms with Gasteiger partial charge >= 0.3 is 0 Å². The summed E-state index contributed by atoms with van der Waals surface area (Å²) in [7, 11) is -1.30. The molecule has 88 valence electrons. The topological polar surface area (TPSA) is 46.2 Å². The van der Waals surface area contributed by atoms with E-state index < -0.39 is 22.6 Å². The largest absolute Gasteiger partial charge is 0.356 e. The molecule has 0 saturated heterocycles. The SMILES string of the molecule is CCNC(=O)CCS(=O)CC1CC1(F)F. The van der Waals surface area contributed by atoms with Crippen molar-refractivity contribution in [3.05, 3.63) is 0 Å². The Morgan fingerprint density at radius 2 is 2.20 bits per heavy atom. The van der Waals surface area contributed by atoms with Gasteiger partial charge in [-0.3, -0.25) is 9.00 Å². The van der Waals surface area contributed by atoms with Crippen LogP contribution >= 0.6 is 0 Å². The molecule has 2 atom stereocenters. The number of carbonyl (C=O) groups excluding carboxylic acids is 1. The minimum atomic E-state index is -2.61. The highest BCUT2D eigenvalue weighted by atomic mass is 32.2. The molecule has 15 heavy (non-hydrogen) atoms. The molecule has 1 N–H and O–H groups in total. The summed E-state index contributed by atoms with van der Waals surface area (Å²) in [4.78, 5) is 11.0. The smallest absolute Gasteiger partial charge is 0.252 e. The normalized spacial score (nSPS) is 24.6. The van der Waals surface area contributed by atoms with E-state index in [2.05, 4.69) is 5.32 Å². The molecular formula is C9H15F2NO2S. The number of carbonyl (C=O) groups is 1. The zero-order chi connectivity index (χ0) is 11.5. The number of hydrogen-bond acceptors (Lipinski definition) is 2. The summed E-state index contributed by atoms with van der Waals surface area (Å²) in [6, 6.07) is 0. The van der Waals surface area contributed by atoms with Crippen molar-refractivity contribution in [3.63, 3.8) is 0 Å². The van der Waals surface area contributed by atoms with E-state index in [0.29, 0.717) is 6.54 Å². The van der Waals surface area contributed by atoms with Crippen molar-refractivity contribution in [3.8, 4) is 0 Å². The summed E-state index contributed by atoms with van der Waals surface area (Å²) in [5, 5.41) is 2.56. The monoisotopic (exact) mass is 239 g/mol. The molecule has 0 aromatic rings. The van der Waals surface area contributed by atoms with Gasteiger partial charge in [0, 0.05) is 47.6 Å². The van der Waals surface area contributed by atoms with E-state index in [-0.39, 0.29) is 30.3 Å². The summed E-state index contributed by atoms with van der Waals surface area (Å²) in [5.74, 6) is -3.31. The lowest BCUT2D eigenvalue weighted by Gasteiger charge is -2.02. The first kappa shape index (κ1) is 12.5. The Labute approximate surface area is 90.1 Å². The van der Waals surface area contributed by atoms with Gasteiger partial charge in [0.2, 0.25) is 5.91 Å². The number of rotatable bonds is 6. The van der Waals surface area contributed by atoms with Crippen LogP contribution in [0.25, 0.3) is 0 Å². The van der Waals surface area contributed by atoms with Gasteiger partial charge < -0.3 is 5.32 Å². The standard InChI is InChI=1S/C9H15F2NO2S/c1-2-12-8(13)3-4-15(14)6-7-5-9(7,10)11/h7H,2-6H2,1H3,(H,12,13). The highest BCUT2D eigenvalue weighted by molar-refractivity contribution is 7.85. The van der Waals surface area contributed by atoms with Crippen molar-refractivity contribution in [2.75, 3.05) is 18.1 Å². The number of hydrogen-bond donors (Lipinski definition) is 1. The first-order valence-corrected chi connectivity index (χ1v) is 6.44. The fourth-order valence-corrected chi connectivity index (χ4v) is 2.64. The van der Waals surface area contributed by atoms with E-state index >= 15 is 0 Å². The van der Waals surface area contributed by atoms with E-state index in [9.17, 15) is 17.8 Å². The summed E-state index contributed by atoms with van der Waals surface area (Å²) in [6.45, 7) is 2.33. The van der Waals surface area contributed by atoms with Crippen LogP contribution in [0.5, 0.6) is 0 Å². The molecule has 1 rings (SSSR count). The second kappa shape index (κ2) is 5.01. The number of alkyl halides is 2. The molecule has 1 aliphatic carbocycles.